The van der Waals surface area contributed by atoms with Gasteiger partial charge >= 0.3 is 0 Å². The number of anilines is 1. The first-order chi connectivity index (χ1) is 9.63. The first-order valence-electron chi connectivity index (χ1n) is 6.11. The fourth-order valence-corrected chi connectivity index (χ4v) is 2.15. The number of pyridine rings is 1. The van der Waals surface area contributed by atoms with E-state index in [0.29, 0.717) is 28.8 Å². The van der Waals surface area contributed by atoms with Crippen LogP contribution < -0.4 is 14.8 Å². The Labute approximate surface area is 121 Å². The van der Waals surface area contributed by atoms with Crippen LogP contribution in [-0.2, 0) is 6.54 Å². The standard InChI is InChI=1S/C14H13ClN2O3/c1-8-2-10(14(15)17-5-8)16-6-9-3-12-13(4-11(9)18)20-7-19-12/h2-5,16,18H,6-7H2,1H3. The van der Waals surface area contributed by atoms with Crippen LogP contribution in [0.25, 0.3) is 0 Å². The van der Waals surface area contributed by atoms with E-state index in [2.05, 4.69) is 10.3 Å². The van der Waals surface area contributed by atoms with Gasteiger partial charge in [0.05, 0.1) is 5.69 Å². The van der Waals surface area contributed by atoms with Crippen LogP contribution in [-0.4, -0.2) is 16.9 Å². The van der Waals surface area contributed by atoms with Crippen LogP contribution in [0.3, 0.4) is 0 Å². The molecule has 2 N–H and O–H groups in total. The minimum Gasteiger partial charge on any atom is -0.507 e. The lowest BCUT2D eigenvalue weighted by molar-refractivity contribution is 0.174. The summed E-state index contributed by atoms with van der Waals surface area (Å²) in [6.45, 7) is 2.53. The Morgan fingerprint density at radius 2 is 2.05 bits per heavy atom. The Bertz CT molecular complexity index is 661. The molecule has 2 aromatic rings. The molecule has 104 valence electrons. The zero-order valence-corrected chi connectivity index (χ0v) is 11.6. The molecule has 0 saturated heterocycles. The fraction of sp³-hybridized carbons (Fsp3) is 0.214. The Morgan fingerprint density at radius 1 is 1.30 bits per heavy atom. The molecule has 0 unspecified atom stereocenters. The molecule has 2 heterocycles. The monoisotopic (exact) mass is 292 g/mol. The minimum atomic E-state index is 0.151. The summed E-state index contributed by atoms with van der Waals surface area (Å²) in [6, 6.07) is 5.20. The van der Waals surface area contributed by atoms with Crippen LogP contribution in [0, 0.1) is 6.92 Å². The third kappa shape index (κ3) is 2.44. The van der Waals surface area contributed by atoms with Gasteiger partial charge in [-0.3, -0.25) is 0 Å². The van der Waals surface area contributed by atoms with E-state index in [1.165, 1.54) is 0 Å². The number of aromatic nitrogens is 1. The molecule has 0 bridgehead atoms. The van der Waals surface area contributed by atoms with Crippen molar-refractivity contribution >= 4 is 17.3 Å². The normalized spacial score (nSPS) is 12.5. The van der Waals surface area contributed by atoms with Crippen molar-refractivity contribution in [2.75, 3.05) is 12.1 Å². The molecular formula is C14H13ClN2O3. The Morgan fingerprint density at radius 3 is 2.85 bits per heavy atom. The Balaban J connectivity index is 1.80. The molecule has 1 aliphatic rings. The van der Waals surface area contributed by atoms with E-state index >= 15 is 0 Å². The third-order valence-electron chi connectivity index (χ3n) is 3.02. The van der Waals surface area contributed by atoms with E-state index in [9.17, 15) is 5.11 Å². The zero-order chi connectivity index (χ0) is 14.1. The van der Waals surface area contributed by atoms with Gasteiger partial charge in [-0.2, -0.15) is 0 Å². The maximum Gasteiger partial charge on any atom is 0.231 e. The summed E-state index contributed by atoms with van der Waals surface area (Å²) in [5, 5.41) is 13.5. The van der Waals surface area contributed by atoms with Gasteiger partial charge in [-0.05, 0) is 24.6 Å². The van der Waals surface area contributed by atoms with Gasteiger partial charge in [0, 0.05) is 24.4 Å². The van der Waals surface area contributed by atoms with Crippen LogP contribution in [0.1, 0.15) is 11.1 Å². The molecule has 0 radical (unpaired) electrons. The number of nitrogens with one attached hydrogen (secondary N) is 1. The topological polar surface area (TPSA) is 63.6 Å². The number of rotatable bonds is 3. The molecular weight excluding hydrogens is 280 g/mol. The van der Waals surface area contributed by atoms with E-state index in [-0.39, 0.29) is 12.5 Å². The molecule has 1 aromatic heterocycles. The van der Waals surface area contributed by atoms with Gasteiger partial charge in [-0.1, -0.05) is 11.6 Å². The van der Waals surface area contributed by atoms with Crippen LogP contribution >= 0.6 is 11.6 Å². The van der Waals surface area contributed by atoms with Crippen LogP contribution in [0.4, 0.5) is 5.69 Å². The molecule has 5 nitrogen and oxygen atoms in total. The average Bonchev–Trinajstić information content (AvgIpc) is 2.86. The van der Waals surface area contributed by atoms with Crippen molar-refractivity contribution in [3.05, 3.63) is 40.7 Å². The van der Waals surface area contributed by atoms with Gasteiger partial charge in [0.2, 0.25) is 6.79 Å². The molecule has 0 fully saturated rings. The van der Waals surface area contributed by atoms with Gasteiger partial charge in [0.25, 0.3) is 0 Å². The van der Waals surface area contributed by atoms with Crippen molar-refractivity contribution < 1.29 is 14.6 Å². The van der Waals surface area contributed by atoms with E-state index in [4.69, 9.17) is 21.1 Å². The number of phenols is 1. The number of hydrogen-bond acceptors (Lipinski definition) is 5. The number of benzene rings is 1. The summed E-state index contributed by atoms with van der Waals surface area (Å²) < 4.78 is 10.5. The van der Waals surface area contributed by atoms with Crippen LogP contribution in [0.2, 0.25) is 5.15 Å². The Hall–Kier alpha value is -2.14. The second-order valence-electron chi connectivity index (χ2n) is 4.54. The van der Waals surface area contributed by atoms with Crippen molar-refractivity contribution in [2.24, 2.45) is 0 Å². The summed E-state index contributed by atoms with van der Waals surface area (Å²) in [4.78, 5) is 4.07. The predicted molar refractivity (Wildman–Crippen MR) is 75.5 cm³/mol. The summed E-state index contributed by atoms with van der Waals surface area (Å²) in [6.07, 6.45) is 1.70. The molecule has 0 aliphatic carbocycles. The van der Waals surface area contributed by atoms with E-state index in [1.54, 1.807) is 18.3 Å². The highest BCUT2D eigenvalue weighted by Crippen LogP contribution is 2.37. The van der Waals surface area contributed by atoms with Crippen LogP contribution in [0.15, 0.2) is 24.4 Å². The van der Waals surface area contributed by atoms with Crippen LogP contribution in [0.5, 0.6) is 17.2 Å². The lowest BCUT2D eigenvalue weighted by Crippen LogP contribution is -2.01. The number of fused-ring (bicyclic) bond motifs is 1. The number of nitrogens with zero attached hydrogens (tertiary/aromatic N) is 1. The van der Waals surface area contributed by atoms with E-state index < -0.39 is 0 Å². The number of aryl methyl sites for hydroxylation is 1. The SMILES string of the molecule is Cc1cnc(Cl)c(NCc2cc3c(cc2O)OCO3)c1. The second kappa shape index (κ2) is 5.09. The highest BCUT2D eigenvalue weighted by atomic mass is 35.5. The molecule has 1 aliphatic heterocycles. The van der Waals surface area contributed by atoms with Gasteiger partial charge in [0.15, 0.2) is 16.7 Å². The third-order valence-corrected chi connectivity index (χ3v) is 3.32. The molecule has 0 spiro atoms. The number of halogens is 1. The van der Waals surface area contributed by atoms with Crippen molar-refractivity contribution in [1.29, 1.82) is 0 Å². The largest absolute Gasteiger partial charge is 0.507 e. The summed E-state index contributed by atoms with van der Waals surface area (Å²) in [5.41, 5.74) is 2.43. The molecule has 1 aromatic carbocycles. The number of phenolic OH excluding ortho intramolecular Hbond substituents is 1. The lowest BCUT2D eigenvalue weighted by Gasteiger charge is -2.10. The maximum absolute atomic E-state index is 9.95. The van der Waals surface area contributed by atoms with Crippen molar-refractivity contribution in [2.45, 2.75) is 13.5 Å². The van der Waals surface area contributed by atoms with Crippen molar-refractivity contribution in [3.63, 3.8) is 0 Å². The molecule has 0 atom stereocenters. The molecule has 3 rings (SSSR count). The summed E-state index contributed by atoms with van der Waals surface area (Å²) >= 11 is 6.02. The number of ether oxygens (including phenoxy) is 2. The predicted octanol–water partition coefficient (Wildman–Crippen LogP) is 3.09. The van der Waals surface area contributed by atoms with Gasteiger partial charge < -0.3 is 19.9 Å². The lowest BCUT2D eigenvalue weighted by atomic mass is 10.1. The van der Waals surface area contributed by atoms with Gasteiger partial charge in [-0.25, -0.2) is 4.98 Å². The summed E-state index contributed by atoms with van der Waals surface area (Å²) in [7, 11) is 0. The van der Waals surface area contributed by atoms with Crippen molar-refractivity contribution in [3.8, 4) is 17.2 Å². The smallest absolute Gasteiger partial charge is 0.231 e. The fourth-order valence-electron chi connectivity index (χ4n) is 1.98. The summed E-state index contributed by atoms with van der Waals surface area (Å²) in [5.74, 6) is 1.34. The average molecular weight is 293 g/mol. The highest BCUT2D eigenvalue weighted by molar-refractivity contribution is 6.31. The highest BCUT2D eigenvalue weighted by Gasteiger charge is 2.17. The molecule has 6 heteroatoms. The molecule has 0 saturated carbocycles. The Kier molecular flexibility index (Phi) is 3.28. The number of aromatic hydroxyl groups is 1. The first kappa shape index (κ1) is 12.9. The van der Waals surface area contributed by atoms with Gasteiger partial charge in [-0.15, -0.1) is 0 Å². The molecule has 20 heavy (non-hydrogen) atoms. The minimum absolute atomic E-state index is 0.151. The first-order valence-corrected chi connectivity index (χ1v) is 6.49. The van der Waals surface area contributed by atoms with Crippen molar-refractivity contribution in [1.82, 2.24) is 4.98 Å². The van der Waals surface area contributed by atoms with Gasteiger partial charge in [0.1, 0.15) is 5.75 Å². The van der Waals surface area contributed by atoms with E-state index in [1.807, 2.05) is 13.0 Å². The zero-order valence-electron chi connectivity index (χ0n) is 10.8. The number of hydrogen-bond donors (Lipinski definition) is 2. The molecule has 0 amide bonds. The van der Waals surface area contributed by atoms with E-state index in [0.717, 1.165) is 11.3 Å². The second-order valence-corrected chi connectivity index (χ2v) is 4.90. The quantitative estimate of drug-likeness (QED) is 0.851. The maximum atomic E-state index is 9.95.